The highest BCUT2D eigenvalue weighted by atomic mass is 32.1. The van der Waals surface area contributed by atoms with Crippen molar-refractivity contribution in [3.8, 4) is 0 Å². The normalized spacial score (nSPS) is 17.8. The van der Waals surface area contributed by atoms with Crippen LogP contribution in [0.3, 0.4) is 0 Å². The number of carbonyl (C=O) groups excluding carboxylic acids is 1. The van der Waals surface area contributed by atoms with Crippen LogP contribution in [0.1, 0.15) is 39.7 Å². The Balaban J connectivity index is 1.78. The zero-order chi connectivity index (χ0) is 13.2. The molecule has 0 spiro atoms. The first kappa shape index (κ1) is 12.2. The maximum Gasteiger partial charge on any atom is 0.250 e. The van der Waals surface area contributed by atoms with Gasteiger partial charge in [0, 0.05) is 11.1 Å². The molecule has 1 unspecified atom stereocenters. The second-order valence-corrected chi connectivity index (χ2v) is 5.69. The predicted octanol–water partition coefficient (Wildman–Crippen LogP) is 2.73. The highest BCUT2D eigenvalue weighted by Gasteiger charge is 2.21. The number of fused-ring (bicyclic) bond motifs is 1. The number of nitrogens with two attached hydrogens (primary N) is 1. The first-order valence-corrected chi connectivity index (χ1v) is 7.20. The van der Waals surface area contributed by atoms with E-state index in [1.54, 1.807) is 12.1 Å². The highest BCUT2D eigenvalue weighted by Crippen LogP contribution is 2.35. The lowest BCUT2D eigenvalue weighted by Gasteiger charge is -2.24. The molecule has 0 aromatic carbocycles. The van der Waals surface area contributed by atoms with Gasteiger partial charge in [-0.25, -0.2) is 4.98 Å². The summed E-state index contributed by atoms with van der Waals surface area (Å²) in [4.78, 5) is 16.7. The molecule has 2 heterocycles. The van der Waals surface area contributed by atoms with E-state index in [4.69, 9.17) is 5.73 Å². The third kappa shape index (κ3) is 2.46. The summed E-state index contributed by atoms with van der Waals surface area (Å²) < 4.78 is 0. The molecule has 0 bridgehead atoms. The minimum Gasteiger partial charge on any atom is -0.366 e. The first-order chi connectivity index (χ1) is 9.24. The quantitative estimate of drug-likeness (QED) is 0.903. The average Bonchev–Trinajstić information content (AvgIpc) is 2.89. The molecule has 98 valence electrons. The minimum atomic E-state index is -0.447. The Labute approximate surface area is 115 Å². The molecule has 2 aromatic heterocycles. The largest absolute Gasteiger partial charge is 0.366 e. The van der Waals surface area contributed by atoms with Crippen molar-refractivity contribution in [2.75, 3.05) is 5.32 Å². The van der Waals surface area contributed by atoms with Gasteiger partial charge in [-0.05, 0) is 48.4 Å². The van der Waals surface area contributed by atoms with Crippen LogP contribution in [0.4, 0.5) is 5.82 Å². The van der Waals surface area contributed by atoms with Crippen molar-refractivity contribution in [1.29, 1.82) is 0 Å². The summed E-state index contributed by atoms with van der Waals surface area (Å²) in [6, 6.07) is 6.02. The second kappa shape index (κ2) is 5.01. The van der Waals surface area contributed by atoms with E-state index in [1.165, 1.54) is 29.5 Å². The summed E-state index contributed by atoms with van der Waals surface area (Å²) in [6.07, 6.45) is 5.01. The van der Waals surface area contributed by atoms with E-state index in [-0.39, 0.29) is 0 Å². The minimum absolute atomic E-state index is 0.321. The maximum absolute atomic E-state index is 11.0. The molecule has 3 rings (SSSR count). The Hall–Kier alpha value is -1.88. The average molecular weight is 273 g/mol. The first-order valence-electron chi connectivity index (χ1n) is 6.32. The summed E-state index contributed by atoms with van der Waals surface area (Å²) in [5.74, 6) is 0.339. The third-order valence-corrected chi connectivity index (χ3v) is 4.42. The molecule has 1 amide bonds. The van der Waals surface area contributed by atoms with Crippen LogP contribution in [0, 0.1) is 0 Å². The van der Waals surface area contributed by atoms with Gasteiger partial charge in [-0.15, -0.1) is 11.3 Å². The number of nitrogens with zero attached hydrogens (tertiary/aromatic N) is 1. The van der Waals surface area contributed by atoms with Gasteiger partial charge in [-0.3, -0.25) is 4.79 Å². The maximum atomic E-state index is 11.0. The summed E-state index contributed by atoms with van der Waals surface area (Å²) in [5, 5.41) is 5.58. The molecule has 4 nitrogen and oxygen atoms in total. The number of anilines is 1. The molecular formula is C14H15N3OS. The number of amides is 1. The molecule has 0 radical (unpaired) electrons. The zero-order valence-corrected chi connectivity index (χ0v) is 11.2. The molecule has 2 aromatic rings. The van der Waals surface area contributed by atoms with Gasteiger partial charge >= 0.3 is 0 Å². The van der Waals surface area contributed by atoms with Crippen molar-refractivity contribution >= 4 is 23.1 Å². The summed E-state index contributed by atoms with van der Waals surface area (Å²) in [5.41, 5.74) is 7.02. The third-order valence-electron chi connectivity index (χ3n) is 3.42. The van der Waals surface area contributed by atoms with E-state index < -0.39 is 5.91 Å². The molecule has 0 saturated heterocycles. The number of primary amides is 1. The Kier molecular flexibility index (Phi) is 3.21. The lowest BCUT2D eigenvalue weighted by atomic mass is 9.94. The molecule has 3 N–H and O–H groups in total. The number of rotatable bonds is 3. The summed E-state index contributed by atoms with van der Waals surface area (Å²) in [6.45, 7) is 0. The fourth-order valence-electron chi connectivity index (χ4n) is 2.44. The molecule has 0 fully saturated rings. The number of aryl methyl sites for hydroxylation is 1. The van der Waals surface area contributed by atoms with Gasteiger partial charge in [0.1, 0.15) is 5.82 Å². The standard InChI is InChI=1S/C14H15N3OS/c15-14(18)9-4-5-13(16-8-9)17-11-2-1-3-12-10(11)6-7-19-12/h4-8,11H,1-3H2,(H2,15,18)(H,16,17). The molecule has 1 aliphatic carbocycles. The number of nitrogens with one attached hydrogen (secondary N) is 1. The van der Waals surface area contributed by atoms with Crippen LogP contribution in [0.2, 0.25) is 0 Å². The zero-order valence-electron chi connectivity index (χ0n) is 10.4. The van der Waals surface area contributed by atoms with Crippen LogP contribution in [-0.4, -0.2) is 10.9 Å². The summed E-state index contributed by atoms with van der Waals surface area (Å²) >= 11 is 1.82. The smallest absolute Gasteiger partial charge is 0.250 e. The van der Waals surface area contributed by atoms with Crippen LogP contribution in [-0.2, 0) is 6.42 Å². The SMILES string of the molecule is NC(=O)c1ccc(NC2CCCc3sccc32)nc1. The van der Waals surface area contributed by atoms with Crippen molar-refractivity contribution in [3.63, 3.8) is 0 Å². The Morgan fingerprint density at radius 3 is 3.05 bits per heavy atom. The molecule has 19 heavy (non-hydrogen) atoms. The lowest BCUT2D eigenvalue weighted by molar-refractivity contribution is 0.1000. The molecule has 0 saturated carbocycles. The Bertz CT molecular complexity index is 591. The monoisotopic (exact) mass is 273 g/mol. The van der Waals surface area contributed by atoms with E-state index in [0.29, 0.717) is 11.6 Å². The van der Waals surface area contributed by atoms with Crippen molar-refractivity contribution in [2.24, 2.45) is 5.73 Å². The number of hydrogen-bond acceptors (Lipinski definition) is 4. The van der Waals surface area contributed by atoms with E-state index in [1.807, 2.05) is 11.3 Å². The number of carbonyl (C=O) groups is 1. The van der Waals surface area contributed by atoms with Crippen LogP contribution in [0.15, 0.2) is 29.8 Å². The predicted molar refractivity (Wildman–Crippen MR) is 76.4 cm³/mol. The van der Waals surface area contributed by atoms with Crippen molar-refractivity contribution < 1.29 is 4.79 Å². The topological polar surface area (TPSA) is 68.0 Å². The van der Waals surface area contributed by atoms with Gasteiger partial charge in [-0.1, -0.05) is 0 Å². The van der Waals surface area contributed by atoms with Gasteiger partial charge < -0.3 is 11.1 Å². The van der Waals surface area contributed by atoms with Crippen LogP contribution in [0.5, 0.6) is 0 Å². The molecular weight excluding hydrogens is 258 g/mol. The fraction of sp³-hybridized carbons (Fsp3) is 0.286. The number of thiophene rings is 1. The van der Waals surface area contributed by atoms with Gasteiger partial charge in [0.25, 0.3) is 0 Å². The van der Waals surface area contributed by atoms with E-state index in [0.717, 1.165) is 12.2 Å². The van der Waals surface area contributed by atoms with Crippen molar-refractivity contribution in [2.45, 2.75) is 25.3 Å². The molecule has 5 heteroatoms. The molecule has 0 aliphatic heterocycles. The van der Waals surface area contributed by atoms with Crippen molar-refractivity contribution in [1.82, 2.24) is 4.98 Å². The van der Waals surface area contributed by atoms with Crippen LogP contribution >= 0.6 is 11.3 Å². The van der Waals surface area contributed by atoms with Crippen LogP contribution in [0.25, 0.3) is 0 Å². The van der Waals surface area contributed by atoms with E-state index in [2.05, 4.69) is 21.7 Å². The Morgan fingerprint density at radius 1 is 1.42 bits per heavy atom. The van der Waals surface area contributed by atoms with Gasteiger partial charge in [0.05, 0.1) is 11.6 Å². The molecule has 1 atom stereocenters. The number of hydrogen-bond donors (Lipinski definition) is 2. The second-order valence-electron chi connectivity index (χ2n) is 4.68. The number of aromatic nitrogens is 1. The van der Waals surface area contributed by atoms with Gasteiger partial charge in [0.15, 0.2) is 0 Å². The number of pyridine rings is 1. The van der Waals surface area contributed by atoms with Crippen molar-refractivity contribution in [3.05, 3.63) is 45.8 Å². The molecule has 1 aliphatic rings. The van der Waals surface area contributed by atoms with Gasteiger partial charge in [-0.2, -0.15) is 0 Å². The van der Waals surface area contributed by atoms with E-state index >= 15 is 0 Å². The summed E-state index contributed by atoms with van der Waals surface area (Å²) in [7, 11) is 0. The fourth-order valence-corrected chi connectivity index (χ4v) is 3.43. The highest BCUT2D eigenvalue weighted by molar-refractivity contribution is 7.10. The van der Waals surface area contributed by atoms with Crippen LogP contribution < -0.4 is 11.1 Å². The lowest BCUT2D eigenvalue weighted by Crippen LogP contribution is -2.17. The van der Waals surface area contributed by atoms with E-state index in [9.17, 15) is 4.79 Å². The van der Waals surface area contributed by atoms with Gasteiger partial charge in [0.2, 0.25) is 5.91 Å². The Morgan fingerprint density at radius 2 is 2.32 bits per heavy atom.